The number of hydrogen-bond acceptors (Lipinski definition) is 3. The van der Waals surface area contributed by atoms with Gasteiger partial charge in [-0.05, 0) is 43.7 Å². The molecule has 0 aliphatic rings. The second-order valence-corrected chi connectivity index (χ2v) is 5.78. The van der Waals surface area contributed by atoms with Crippen LogP contribution in [0.15, 0.2) is 24.3 Å². The molecule has 3 N–H and O–H groups in total. The van der Waals surface area contributed by atoms with E-state index in [9.17, 15) is 0 Å². The fraction of sp³-hybridized carbons (Fsp3) is 0.231. The number of thiophene rings is 1. The number of hydrogen-bond donors (Lipinski definition) is 2. The lowest BCUT2D eigenvalue weighted by molar-refractivity contribution is 1.18. The normalized spacial score (nSPS) is 10.5. The number of halogens is 1. The van der Waals surface area contributed by atoms with Crippen molar-refractivity contribution >= 4 is 34.3 Å². The van der Waals surface area contributed by atoms with Gasteiger partial charge in [0.25, 0.3) is 0 Å². The standard InChI is InChI=1S/C13H15ClN2S/c1-8-3-4-10(17-8)7-16-13-9(2)11(14)5-6-12(13)15/h3-6,16H,7,15H2,1-2H3. The first-order valence-electron chi connectivity index (χ1n) is 5.41. The van der Waals surface area contributed by atoms with Gasteiger partial charge < -0.3 is 11.1 Å². The van der Waals surface area contributed by atoms with Crippen molar-refractivity contribution in [3.8, 4) is 0 Å². The Balaban J connectivity index is 2.16. The summed E-state index contributed by atoms with van der Waals surface area (Å²) in [6, 6.07) is 7.91. The Kier molecular flexibility index (Phi) is 3.60. The zero-order valence-electron chi connectivity index (χ0n) is 9.88. The van der Waals surface area contributed by atoms with Crippen molar-refractivity contribution in [2.45, 2.75) is 20.4 Å². The molecule has 0 amide bonds. The Hall–Kier alpha value is -1.19. The van der Waals surface area contributed by atoms with E-state index in [1.54, 1.807) is 11.3 Å². The predicted octanol–water partition coefficient (Wildman–Crippen LogP) is 4.21. The van der Waals surface area contributed by atoms with E-state index in [0.717, 1.165) is 28.5 Å². The van der Waals surface area contributed by atoms with Crippen LogP contribution < -0.4 is 11.1 Å². The van der Waals surface area contributed by atoms with Crippen LogP contribution in [0, 0.1) is 13.8 Å². The van der Waals surface area contributed by atoms with Gasteiger partial charge in [0.2, 0.25) is 0 Å². The molecular formula is C13H15ClN2S. The molecule has 2 aromatic rings. The molecule has 2 rings (SSSR count). The highest BCUT2D eigenvalue weighted by Gasteiger charge is 2.06. The molecule has 1 aromatic heterocycles. The minimum atomic E-state index is 0.736. The number of rotatable bonds is 3. The SMILES string of the molecule is Cc1ccc(CNc2c(N)ccc(Cl)c2C)s1. The van der Waals surface area contributed by atoms with Crippen molar-refractivity contribution in [3.05, 3.63) is 44.6 Å². The summed E-state index contributed by atoms with van der Waals surface area (Å²) in [5.74, 6) is 0. The van der Waals surface area contributed by atoms with Crippen LogP contribution in [0.2, 0.25) is 5.02 Å². The van der Waals surface area contributed by atoms with Gasteiger partial charge in [-0.3, -0.25) is 0 Å². The van der Waals surface area contributed by atoms with Crippen LogP contribution in [0.4, 0.5) is 11.4 Å². The number of nitrogens with two attached hydrogens (primary N) is 1. The van der Waals surface area contributed by atoms with Crippen LogP contribution in [-0.2, 0) is 6.54 Å². The van der Waals surface area contributed by atoms with Gasteiger partial charge in [0.15, 0.2) is 0 Å². The monoisotopic (exact) mass is 266 g/mol. The van der Waals surface area contributed by atoms with E-state index in [2.05, 4.69) is 24.4 Å². The molecule has 0 aliphatic carbocycles. The number of benzene rings is 1. The molecule has 0 fully saturated rings. The quantitative estimate of drug-likeness (QED) is 0.817. The molecule has 0 aliphatic heterocycles. The second-order valence-electron chi connectivity index (χ2n) is 4.00. The molecule has 0 saturated heterocycles. The highest BCUT2D eigenvalue weighted by atomic mass is 35.5. The van der Waals surface area contributed by atoms with Crippen LogP contribution in [0.25, 0.3) is 0 Å². The van der Waals surface area contributed by atoms with Crippen molar-refractivity contribution in [3.63, 3.8) is 0 Å². The van der Waals surface area contributed by atoms with Crippen molar-refractivity contribution in [1.82, 2.24) is 0 Å². The molecule has 0 spiro atoms. The summed E-state index contributed by atoms with van der Waals surface area (Å²) in [4.78, 5) is 2.61. The first-order chi connectivity index (χ1) is 8.08. The van der Waals surface area contributed by atoms with Gasteiger partial charge in [0.05, 0.1) is 11.4 Å². The Morgan fingerprint density at radius 1 is 1.24 bits per heavy atom. The maximum absolute atomic E-state index is 6.08. The number of nitrogen functional groups attached to an aromatic ring is 1. The van der Waals surface area contributed by atoms with Gasteiger partial charge in [-0.1, -0.05) is 11.6 Å². The summed E-state index contributed by atoms with van der Waals surface area (Å²) in [7, 11) is 0. The number of anilines is 2. The molecular weight excluding hydrogens is 252 g/mol. The van der Waals surface area contributed by atoms with Gasteiger partial charge in [-0.15, -0.1) is 11.3 Å². The average Bonchev–Trinajstić information content (AvgIpc) is 2.70. The summed E-state index contributed by atoms with van der Waals surface area (Å²) in [6.45, 7) is 4.86. The van der Waals surface area contributed by atoms with Crippen molar-refractivity contribution in [1.29, 1.82) is 0 Å². The molecule has 0 saturated carbocycles. The molecule has 4 heteroatoms. The fourth-order valence-corrected chi connectivity index (χ4v) is 2.69. The summed E-state index contributed by atoms with van der Waals surface area (Å²) in [5, 5.41) is 4.09. The molecule has 0 bridgehead atoms. The van der Waals surface area contributed by atoms with E-state index in [-0.39, 0.29) is 0 Å². The third kappa shape index (κ3) is 2.73. The lowest BCUT2D eigenvalue weighted by atomic mass is 10.1. The van der Waals surface area contributed by atoms with Gasteiger partial charge in [0, 0.05) is 21.3 Å². The molecule has 1 heterocycles. The topological polar surface area (TPSA) is 38.0 Å². The fourth-order valence-electron chi connectivity index (χ4n) is 1.70. The van der Waals surface area contributed by atoms with E-state index in [0.29, 0.717) is 0 Å². The molecule has 17 heavy (non-hydrogen) atoms. The predicted molar refractivity (Wildman–Crippen MR) is 77.0 cm³/mol. The lowest BCUT2D eigenvalue weighted by Crippen LogP contribution is -2.03. The largest absolute Gasteiger partial charge is 0.397 e. The number of nitrogens with one attached hydrogen (secondary N) is 1. The first kappa shape index (κ1) is 12.3. The summed E-state index contributed by atoms with van der Waals surface area (Å²) in [6.07, 6.45) is 0. The summed E-state index contributed by atoms with van der Waals surface area (Å²) < 4.78 is 0. The van der Waals surface area contributed by atoms with E-state index < -0.39 is 0 Å². The first-order valence-corrected chi connectivity index (χ1v) is 6.61. The van der Waals surface area contributed by atoms with Crippen LogP contribution in [0.5, 0.6) is 0 Å². The van der Waals surface area contributed by atoms with Crippen molar-refractivity contribution < 1.29 is 0 Å². The lowest BCUT2D eigenvalue weighted by Gasteiger charge is -2.12. The highest BCUT2D eigenvalue weighted by Crippen LogP contribution is 2.30. The second kappa shape index (κ2) is 4.98. The molecule has 1 aromatic carbocycles. The molecule has 0 radical (unpaired) electrons. The summed E-state index contributed by atoms with van der Waals surface area (Å²) in [5.41, 5.74) is 8.61. The Morgan fingerprint density at radius 3 is 2.65 bits per heavy atom. The minimum absolute atomic E-state index is 0.736. The molecule has 90 valence electrons. The Labute approximate surface area is 110 Å². The van der Waals surface area contributed by atoms with Gasteiger partial charge in [-0.25, -0.2) is 0 Å². The Bertz CT molecular complexity index is 534. The van der Waals surface area contributed by atoms with Crippen LogP contribution in [0.3, 0.4) is 0 Å². The molecule has 0 unspecified atom stereocenters. The van der Waals surface area contributed by atoms with Gasteiger partial charge in [0.1, 0.15) is 0 Å². The van der Waals surface area contributed by atoms with Crippen LogP contribution >= 0.6 is 22.9 Å². The third-order valence-corrected chi connectivity index (χ3v) is 4.08. The Morgan fingerprint density at radius 2 is 2.00 bits per heavy atom. The van der Waals surface area contributed by atoms with Crippen molar-refractivity contribution in [2.24, 2.45) is 0 Å². The smallest absolute Gasteiger partial charge is 0.0621 e. The van der Waals surface area contributed by atoms with Gasteiger partial charge >= 0.3 is 0 Å². The van der Waals surface area contributed by atoms with Crippen LogP contribution in [0.1, 0.15) is 15.3 Å². The molecule has 0 atom stereocenters. The zero-order valence-corrected chi connectivity index (χ0v) is 11.5. The zero-order chi connectivity index (χ0) is 12.4. The van der Waals surface area contributed by atoms with Crippen LogP contribution in [-0.4, -0.2) is 0 Å². The van der Waals surface area contributed by atoms with E-state index in [1.807, 2.05) is 19.1 Å². The average molecular weight is 267 g/mol. The van der Waals surface area contributed by atoms with E-state index in [1.165, 1.54) is 9.75 Å². The number of aryl methyl sites for hydroxylation is 1. The van der Waals surface area contributed by atoms with Gasteiger partial charge in [-0.2, -0.15) is 0 Å². The maximum Gasteiger partial charge on any atom is 0.0621 e. The van der Waals surface area contributed by atoms with E-state index in [4.69, 9.17) is 17.3 Å². The maximum atomic E-state index is 6.08. The summed E-state index contributed by atoms with van der Waals surface area (Å²) >= 11 is 7.87. The minimum Gasteiger partial charge on any atom is -0.397 e. The molecule has 2 nitrogen and oxygen atoms in total. The van der Waals surface area contributed by atoms with Crippen molar-refractivity contribution in [2.75, 3.05) is 11.1 Å². The third-order valence-electron chi connectivity index (χ3n) is 2.67. The van der Waals surface area contributed by atoms with E-state index >= 15 is 0 Å². The highest BCUT2D eigenvalue weighted by molar-refractivity contribution is 7.11.